The lowest BCUT2D eigenvalue weighted by atomic mass is 10.1. The predicted molar refractivity (Wildman–Crippen MR) is 71.3 cm³/mol. The lowest BCUT2D eigenvalue weighted by Crippen LogP contribution is -2.44. The van der Waals surface area contributed by atoms with Crippen molar-refractivity contribution in [1.82, 2.24) is 10.3 Å². The van der Waals surface area contributed by atoms with Gasteiger partial charge in [-0.2, -0.15) is 0 Å². The van der Waals surface area contributed by atoms with Gasteiger partial charge in [0.15, 0.2) is 0 Å². The molecule has 1 atom stereocenters. The van der Waals surface area contributed by atoms with Crippen LogP contribution in [-0.2, 0) is 0 Å². The fraction of sp³-hybridized carbons (Fsp3) is 0.615. The molecule has 3 N–H and O–H groups in total. The SMILES string of the molecule is CC[C@@H](N)c1cnc(N2CCNCC2)c(C)c1. The molecule has 0 aromatic carbocycles. The van der Waals surface area contributed by atoms with Gasteiger partial charge in [-0.05, 0) is 30.5 Å². The van der Waals surface area contributed by atoms with Crippen LogP contribution in [-0.4, -0.2) is 31.2 Å². The van der Waals surface area contributed by atoms with E-state index in [1.807, 2.05) is 6.20 Å². The van der Waals surface area contributed by atoms with Gasteiger partial charge in [0.25, 0.3) is 0 Å². The van der Waals surface area contributed by atoms with E-state index in [0.717, 1.165) is 44.0 Å². The number of aryl methyl sites for hydroxylation is 1. The van der Waals surface area contributed by atoms with Gasteiger partial charge in [0.2, 0.25) is 0 Å². The number of nitrogens with two attached hydrogens (primary N) is 1. The van der Waals surface area contributed by atoms with Crippen LogP contribution in [0.2, 0.25) is 0 Å². The summed E-state index contributed by atoms with van der Waals surface area (Å²) in [6.07, 6.45) is 2.88. The summed E-state index contributed by atoms with van der Waals surface area (Å²) in [5.41, 5.74) is 8.40. The van der Waals surface area contributed by atoms with E-state index in [1.54, 1.807) is 0 Å². The number of aromatic nitrogens is 1. The molecule has 0 bridgehead atoms. The molecule has 2 rings (SSSR count). The standard InChI is InChI=1S/C13H22N4/c1-3-12(14)11-8-10(2)13(16-9-11)17-6-4-15-5-7-17/h8-9,12,15H,3-7,14H2,1-2H3/t12-/m1/s1. The van der Waals surface area contributed by atoms with E-state index in [2.05, 4.69) is 35.1 Å². The third-order valence-corrected chi connectivity index (χ3v) is 3.36. The fourth-order valence-electron chi connectivity index (χ4n) is 2.24. The van der Waals surface area contributed by atoms with Crippen LogP contribution in [0.15, 0.2) is 12.3 Å². The van der Waals surface area contributed by atoms with Crippen LogP contribution in [0.1, 0.15) is 30.5 Å². The van der Waals surface area contributed by atoms with Crippen molar-refractivity contribution in [2.24, 2.45) is 5.73 Å². The van der Waals surface area contributed by atoms with E-state index in [-0.39, 0.29) is 6.04 Å². The van der Waals surface area contributed by atoms with Crippen LogP contribution in [0.25, 0.3) is 0 Å². The van der Waals surface area contributed by atoms with Crippen molar-refractivity contribution >= 4 is 5.82 Å². The molecule has 1 aromatic heterocycles. The number of pyridine rings is 1. The summed E-state index contributed by atoms with van der Waals surface area (Å²) in [4.78, 5) is 6.93. The zero-order valence-electron chi connectivity index (χ0n) is 10.7. The second kappa shape index (κ2) is 5.47. The Hall–Kier alpha value is -1.13. The number of piperazine rings is 1. The Morgan fingerprint density at radius 3 is 2.76 bits per heavy atom. The molecule has 1 aromatic rings. The van der Waals surface area contributed by atoms with E-state index in [4.69, 9.17) is 5.73 Å². The smallest absolute Gasteiger partial charge is 0.131 e. The van der Waals surface area contributed by atoms with Crippen LogP contribution in [0.4, 0.5) is 5.82 Å². The molecular weight excluding hydrogens is 212 g/mol. The first-order valence-corrected chi connectivity index (χ1v) is 6.40. The Kier molecular flexibility index (Phi) is 3.97. The number of nitrogens with one attached hydrogen (secondary N) is 1. The Balaban J connectivity index is 2.18. The molecule has 0 aliphatic carbocycles. The van der Waals surface area contributed by atoms with Crippen molar-refractivity contribution in [3.63, 3.8) is 0 Å². The van der Waals surface area contributed by atoms with Gasteiger partial charge in [-0.3, -0.25) is 0 Å². The molecule has 4 heteroatoms. The number of nitrogens with zero attached hydrogens (tertiary/aromatic N) is 2. The average Bonchev–Trinajstić information content (AvgIpc) is 2.38. The third kappa shape index (κ3) is 2.76. The fourth-order valence-corrected chi connectivity index (χ4v) is 2.24. The highest BCUT2D eigenvalue weighted by atomic mass is 15.2. The van der Waals surface area contributed by atoms with Gasteiger partial charge in [-0.15, -0.1) is 0 Å². The maximum atomic E-state index is 6.03. The van der Waals surface area contributed by atoms with Crippen molar-refractivity contribution in [2.45, 2.75) is 26.3 Å². The third-order valence-electron chi connectivity index (χ3n) is 3.36. The van der Waals surface area contributed by atoms with Gasteiger partial charge < -0.3 is 16.0 Å². The van der Waals surface area contributed by atoms with Crippen LogP contribution in [0.3, 0.4) is 0 Å². The molecule has 94 valence electrons. The summed E-state index contributed by atoms with van der Waals surface area (Å²) in [5, 5.41) is 3.35. The molecule has 2 heterocycles. The van der Waals surface area contributed by atoms with Gasteiger partial charge in [0, 0.05) is 38.4 Å². The van der Waals surface area contributed by atoms with Gasteiger partial charge in [0.05, 0.1) is 0 Å². The number of hydrogen-bond acceptors (Lipinski definition) is 4. The first kappa shape index (κ1) is 12.3. The van der Waals surface area contributed by atoms with Crippen molar-refractivity contribution in [3.05, 3.63) is 23.4 Å². The molecule has 17 heavy (non-hydrogen) atoms. The van der Waals surface area contributed by atoms with Crippen LogP contribution >= 0.6 is 0 Å². The van der Waals surface area contributed by atoms with Crippen LogP contribution in [0.5, 0.6) is 0 Å². The molecule has 0 spiro atoms. The summed E-state index contributed by atoms with van der Waals surface area (Å²) >= 11 is 0. The molecule has 0 unspecified atom stereocenters. The predicted octanol–water partition coefficient (Wildman–Crippen LogP) is 1.21. The summed E-state index contributed by atoms with van der Waals surface area (Å²) < 4.78 is 0. The van der Waals surface area contributed by atoms with Gasteiger partial charge in [-0.1, -0.05) is 6.92 Å². The van der Waals surface area contributed by atoms with E-state index in [0.29, 0.717) is 0 Å². The highest BCUT2D eigenvalue weighted by molar-refractivity contribution is 5.48. The zero-order chi connectivity index (χ0) is 12.3. The molecule has 0 radical (unpaired) electrons. The molecule has 0 amide bonds. The van der Waals surface area contributed by atoms with E-state index < -0.39 is 0 Å². The van der Waals surface area contributed by atoms with E-state index in [1.165, 1.54) is 5.56 Å². The maximum Gasteiger partial charge on any atom is 0.131 e. The van der Waals surface area contributed by atoms with Crippen molar-refractivity contribution < 1.29 is 0 Å². The molecular formula is C13H22N4. The molecule has 1 aliphatic heterocycles. The number of rotatable bonds is 3. The zero-order valence-corrected chi connectivity index (χ0v) is 10.7. The van der Waals surface area contributed by atoms with Crippen molar-refractivity contribution in [3.8, 4) is 0 Å². The topological polar surface area (TPSA) is 54.2 Å². The lowest BCUT2D eigenvalue weighted by molar-refractivity contribution is 0.583. The summed E-state index contributed by atoms with van der Waals surface area (Å²) in [6.45, 7) is 8.37. The Morgan fingerprint density at radius 1 is 1.47 bits per heavy atom. The molecule has 1 aliphatic rings. The minimum Gasteiger partial charge on any atom is -0.354 e. The maximum absolute atomic E-state index is 6.03. The first-order valence-electron chi connectivity index (χ1n) is 6.40. The average molecular weight is 234 g/mol. The molecule has 1 fully saturated rings. The highest BCUT2D eigenvalue weighted by Gasteiger charge is 2.15. The second-order valence-corrected chi connectivity index (χ2v) is 4.66. The quantitative estimate of drug-likeness (QED) is 0.825. The Labute approximate surface area is 103 Å². The first-order chi connectivity index (χ1) is 8.22. The Bertz CT molecular complexity index is 372. The summed E-state index contributed by atoms with van der Waals surface area (Å²) in [7, 11) is 0. The van der Waals surface area contributed by atoms with E-state index >= 15 is 0 Å². The number of anilines is 1. The molecule has 1 saturated heterocycles. The van der Waals surface area contributed by atoms with Gasteiger partial charge in [-0.25, -0.2) is 4.98 Å². The largest absolute Gasteiger partial charge is 0.354 e. The minimum atomic E-state index is 0.110. The van der Waals surface area contributed by atoms with Crippen molar-refractivity contribution in [2.75, 3.05) is 31.1 Å². The van der Waals surface area contributed by atoms with Gasteiger partial charge >= 0.3 is 0 Å². The Morgan fingerprint density at radius 2 is 2.18 bits per heavy atom. The number of hydrogen-bond donors (Lipinski definition) is 2. The van der Waals surface area contributed by atoms with Crippen LogP contribution in [0, 0.1) is 6.92 Å². The van der Waals surface area contributed by atoms with Crippen LogP contribution < -0.4 is 16.0 Å². The second-order valence-electron chi connectivity index (χ2n) is 4.66. The lowest BCUT2D eigenvalue weighted by Gasteiger charge is -2.29. The minimum absolute atomic E-state index is 0.110. The van der Waals surface area contributed by atoms with Crippen molar-refractivity contribution in [1.29, 1.82) is 0 Å². The molecule has 0 saturated carbocycles. The highest BCUT2D eigenvalue weighted by Crippen LogP contribution is 2.21. The van der Waals surface area contributed by atoms with Gasteiger partial charge in [0.1, 0.15) is 5.82 Å². The molecule has 4 nitrogen and oxygen atoms in total. The summed E-state index contributed by atoms with van der Waals surface area (Å²) in [6, 6.07) is 2.29. The normalized spacial score (nSPS) is 18.2. The van der Waals surface area contributed by atoms with E-state index in [9.17, 15) is 0 Å². The summed E-state index contributed by atoms with van der Waals surface area (Å²) in [5.74, 6) is 1.11. The monoisotopic (exact) mass is 234 g/mol.